The van der Waals surface area contributed by atoms with Gasteiger partial charge in [0.15, 0.2) is 0 Å². The number of amides is 1. The Labute approximate surface area is 71.9 Å². The molecule has 1 atom stereocenters. The lowest BCUT2D eigenvalue weighted by molar-refractivity contribution is -0.119. The molecule has 1 amide bonds. The predicted octanol–water partition coefficient (Wildman–Crippen LogP) is 0.331. The van der Waals surface area contributed by atoms with E-state index in [0.29, 0.717) is 11.7 Å². The van der Waals surface area contributed by atoms with Crippen LogP contribution in [0.1, 0.15) is 20.3 Å². The minimum atomic E-state index is -0.471. The second-order valence-corrected chi connectivity index (χ2v) is 4.40. The maximum absolute atomic E-state index is 10.5. The van der Waals surface area contributed by atoms with Gasteiger partial charge in [-0.05, 0) is 17.4 Å². The SMILES string of the molecule is CC(C)SCC[C@H](N)C(N)=O. The van der Waals surface area contributed by atoms with Gasteiger partial charge in [-0.2, -0.15) is 11.8 Å². The van der Waals surface area contributed by atoms with E-state index < -0.39 is 11.9 Å². The number of rotatable bonds is 5. The summed E-state index contributed by atoms with van der Waals surface area (Å²) < 4.78 is 0. The Bertz CT molecular complexity index is 128. The number of thioether (sulfide) groups is 1. The van der Waals surface area contributed by atoms with Crippen molar-refractivity contribution in [3.8, 4) is 0 Å². The van der Waals surface area contributed by atoms with Crippen molar-refractivity contribution in [1.29, 1.82) is 0 Å². The van der Waals surface area contributed by atoms with Gasteiger partial charge in [-0.3, -0.25) is 4.79 Å². The average Bonchev–Trinajstić information content (AvgIpc) is 1.86. The van der Waals surface area contributed by atoms with Crippen LogP contribution in [0.2, 0.25) is 0 Å². The van der Waals surface area contributed by atoms with Crippen molar-refractivity contribution in [2.75, 3.05) is 5.75 Å². The van der Waals surface area contributed by atoms with Gasteiger partial charge in [-0.25, -0.2) is 0 Å². The number of carbonyl (C=O) groups excluding carboxylic acids is 1. The Hall–Kier alpha value is -0.220. The fourth-order valence-electron chi connectivity index (χ4n) is 0.573. The fraction of sp³-hybridized carbons (Fsp3) is 0.857. The van der Waals surface area contributed by atoms with E-state index in [1.807, 2.05) is 0 Å². The molecular weight excluding hydrogens is 160 g/mol. The number of primary amides is 1. The van der Waals surface area contributed by atoms with E-state index in [-0.39, 0.29) is 0 Å². The summed E-state index contributed by atoms with van der Waals surface area (Å²) in [5.41, 5.74) is 10.4. The first-order chi connectivity index (χ1) is 5.04. The van der Waals surface area contributed by atoms with E-state index in [9.17, 15) is 4.79 Å². The largest absolute Gasteiger partial charge is 0.368 e. The molecule has 4 N–H and O–H groups in total. The third-order valence-electron chi connectivity index (χ3n) is 1.25. The zero-order chi connectivity index (χ0) is 8.85. The fourth-order valence-corrected chi connectivity index (χ4v) is 1.43. The highest BCUT2D eigenvalue weighted by Crippen LogP contribution is 2.10. The second kappa shape index (κ2) is 5.43. The van der Waals surface area contributed by atoms with Crippen LogP contribution < -0.4 is 11.5 Å². The molecule has 0 fully saturated rings. The Balaban J connectivity index is 3.31. The lowest BCUT2D eigenvalue weighted by Crippen LogP contribution is -2.36. The van der Waals surface area contributed by atoms with Gasteiger partial charge in [-0.15, -0.1) is 0 Å². The molecule has 4 heteroatoms. The van der Waals surface area contributed by atoms with Crippen LogP contribution in [-0.4, -0.2) is 23.0 Å². The van der Waals surface area contributed by atoms with Crippen molar-refractivity contribution in [1.82, 2.24) is 0 Å². The molecular formula is C7H16N2OS. The van der Waals surface area contributed by atoms with Crippen LogP contribution in [0.15, 0.2) is 0 Å². The van der Waals surface area contributed by atoms with Crippen molar-refractivity contribution in [3.63, 3.8) is 0 Å². The molecule has 0 spiro atoms. The number of carbonyl (C=O) groups is 1. The van der Waals surface area contributed by atoms with Crippen LogP contribution in [0.3, 0.4) is 0 Å². The van der Waals surface area contributed by atoms with Crippen LogP contribution in [0.5, 0.6) is 0 Å². The van der Waals surface area contributed by atoms with E-state index >= 15 is 0 Å². The standard InChI is InChI=1S/C7H16N2OS/c1-5(2)11-4-3-6(8)7(9)10/h5-6H,3-4,8H2,1-2H3,(H2,9,10)/t6-/m0/s1. The smallest absolute Gasteiger partial charge is 0.234 e. The first-order valence-corrected chi connectivity index (χ1v) is 4.75. The average molecular weight is 176 g/mol. The number of hydrogen-bond acceptors (Lipinski definition) is 3. The van der Waals surface area contributed by atoms with Gasteiger partial charge in [0.05, 0.1) is 6.04 Å². The van der Waals surface area contributed by atoms with Gasteiger partial charge in [0.2, 0.25) is 5.91 Å². The summed E-state index contributed by atoms with van der Waals surface area (Å²) in [4.78, 5) is 10.5. The Morgan fingerprint density at radius 3 is 2.45 bits per heavy atom. The van der Waals surface area contributed by atoms with Crippen LogP contribution in [0.4, 0.5) is 0 Å². The van der Waals surface area contributed by atoms with E-state index in [0.717, 1.165) is 5.75 Å². The molecule has 0 aliphatic heterocycles. The molecule has 66 valence electrons. The summed E-state index contributed by atoms with van der Waals surface area (Å²) in [6, 6.07) is -0.471. The quantitative estimate of drug-likeness (QED) is 0.634. The maximum atomic E-state index is 10.5. The van der Waals surface area contributed by atoms with Crippen LogP contribution in [-0.2, 0) is 4.79 Å². The van der Waals surface area contributed by atoms with Gasteiger partial charge in [0.25, 0.3) is 0 Å². The van der Waals surface area contributed by atoms with Crippen LogP contribution in [0.25, 0.3) is 0 Å². The predicted molar refractivity (Wildman–Crippen MR) is 49.4 cm³/mol. The third-order valence-corrected chi connectivity index (χ3v) is 2.38. The Kier molecular flexibility index (Phi) is 5.32. The summed E-state index contributed by atoms with van der Waals surface area (Å²) in [5, 5.41) is 0.593. The highest BCUT2D eigenvalue weighted by Gasteiger charge is 2.08. The molecule has 0 rings (SSSR count). The highest BCUT2D eigenvalue weighted by molar-refractivity contribution is 7.99. The van der Waals surface area contributed by atoms with Gasteiger partial charge in [0, 0.05) is 0 Å². The summed E-state index contributed by atoms with van der Waals surface area (Å²) in [6.07, 6.45) is 0.679. The van der Waals surface area contributed by atoms with Crippen molar-refractivity contribution in [2.45, 2.75) is 31.6 Å². The first kappa shape index (κ1) is 10.8. The first-order valence-electron chi connectivity index (χ1n) is 3.70. The van der Waals surface area contributed by atoms with E-state index in [4.69, 9.17) is 11.5 Å². The summed E-state index contributed by atoms with van der Waals surface area (Å²) in [6.45, 7) is 4.22. The van der Waals surface area contributed by atoms with Crippen LogP contribution in [0, 0.1) is 0 Å². The second-order valence-electron chi connectivity index (χ2n) is 2.72. The molecule has 0 aromatic carbocycles. The molecule has 0 saturated carbocycles. The van der Waals surface area contributed by atoms with E-state index in [1.54, 1.807) is 11.8 Å². The molecule has 0 aromatic heterocycles. The zero-order valence-electron chi connectivity index (χ0n) is 7.04. The van der Waals surface area contributed by atoms with Crippen molar-refractivity contribution >= 4 is 17.7 Å². The number of nitrogens with two attached hydrogens (primary N) is 2. The normalized spacial score (nSPS) is 13.5. The number of hydrogen-bond donors (Lipinski definition) is 2. The van der Waals surface area contributed by atoms with Gasteiger partial charge < -0.3 is 11.5 Å². The van der Waals surface area contributed by atoms with E-state index in [2.05, 4.69) is 13.8 Å². The molecule has 0 heterocycles. The molecule has 0 radical (unpaired) electrons. The topological polar surface area (TPSA) is 69.1 Å². The summed E-state index contributed by atoms with van der Waals surface area (Å²) >= 11 is 1.79. The molecule has 0 saturated heterocycles. The van der Waals surface area contributed by atoms with Crippen molar-refractivity contribution in [2.24, 2.45) is 11.5 Å². The Morgan fingerprint density at radius 2 is 2.09 bits per heavy atom. The van der Waals surface area contributed by atoms with Gasteiger partial charge in [0.1, 0.15) is 0 Å². The molecule has 0 unspecified atom stereocenters. The van der Waals surface area contributed by atoms with Crippen LogP contribution >= 0.6 is 11.8 Å². The van der Waals surface area contributed by atoms with Gasteiger partial charge >= 0.3 is 0 Å². The molecule has 0 bridgehead atoms. The summed E-state index contributed by atoms with van der Waals surface area (Å²) in [7, 11) is 0. The van der Waals surface area contributed by atoms with Gasteiger partial charge in [-0.1, -0.05) is 13.8 Å². The third kappa shape index (κ3) is 6.19. The minimum Gasteiger partial charge on any atom is -0.368 e. The molecule has 0 aromatic rings. The Morgan fingerprint density at radius 1 is 1.55 bits per heavy atom. The zero-order valence-corrected chi connectivity index (χ0v) is 7.86. The molecule has 3 nitrogen and oxygen atoms in total. The monoisotopic (exact) mass is 176 g/mol. The maximum Gasteiger partial charge on any atom is 0.234 e. The minimum absolute atomic E-state index is 0.408. The molecule has 0 aliphatic rings. The lowest BCUT2D eigenvalue weighted by Gasteiger charge is -2.07. The van der Waals surface area contributed by atoms with Crippen molar-refractivity contribution < 1.29 is 4.79 Å². The molecule has 0 aliphatic carbocycles. The van der Waals surface area contributed by atoms with Crippen molar-refractivity contribution in [3.05, 3.63) is 0 Å². The highest BCUT2D eigenvalue weighted by atomic mass is 32.2. The summed E-state index contributed by atoms with van der Waals surface area (Å²) in [5.74, 6) is 0.497. The molecule has 11 heavy (non-hydrogen) atoms. The lowest BCUT2D eigenvalue weighted by atomic mass is 10.2. The van der Waals surface area contributed by atoms with E-state index in [1.165, 1.54) is 0 Å².